The van der Waals surface area contributed by atoms with Gasteiger partial charge in [0.05, 0.1) is 11.5 Å². The Bertz CT molecular complexity index is 478. The normalized spacial score (nSPS) is 13.9. The zero-order valence-electron chi connectivity index (χ0n) is 11.5. The van der Waals surface area contributed by atoms with Crippen LogP contribution in [0.15, 0.2) is 18.2 Å². The molecule has 1 aliphatic rings. The van der Waals surface area contributed by atoms with Gasteiger partial charge in [0.1, 0.15) is 13.2 Å². The number of nitriles is 1. The first kappa shape index (κ1) is 13.7. The van der Waals surface area contributed by atoms with Gasteiger partial charge in [0.25, 0.3) is 0 Å². The molecule has 0 saturated carbocycles. The largest absolute Gasteiger partial charge is 0.486 e. The highest BCUT2D eigenvalue weighted by Gasteiger charge is 2.15. The Morgan fingerprint density at radius 1 is 1.26 bits per heavy atom. The van der Waals surface area contributed by atoms with Crippen molar-refractivity contribution >= 4 is 0 Å². The minimum atomic E-state index is -0.313. The van der Waals surface area contributed by atoms with Crippen LogP contribution < -0.4 is 14.8 Å². The number of hydrogen-bond donors (Lipinski definition) is 1. The Labute approximate surface area is 114 Å². The van der Waals surface area contributed by atoms with Crippen LogP contribution in [0.5, 0.6) is 11.5 Å². The van der Waals surface area contributed by atoms with E-state index < -0.39 is 0 Å². The van der Waals surface area contributed by atoms with Crippen molar-refractivity contribution in [2.75, 3.05) is 26.3 Å². The molecule has 0 saturated heterocycles. The predicted octanol–water partition coefficient (Wildman–Crippen LogP) is 2.14. The fourth-order valence-corrected chi connectivity index (χ4v) is 1.92. The van der Waals surface area contributed by atoms with E-state index in [4.69, 9.17) is 14.7 Å². The molecule has 2 rings (SSSR count). The summed E-state index contributed by atoms with van der Waals surface area (Å²) in [6.07, 6.45) is 0.915. The van der Waals surface area contributed by atoms with E-state index in [1.165, 1.54) is 5.56 Å². The molecule has 1 aliphatic heterocycles. The van der Waals surface area contributed by atoms with Crippen molar-refractivity contribution in [3.63, 3.8) is 0 Å². The Hall–Kier alpha value is -1.73. The Morgan fingerprint density at radius 3 is 2.74 bits per heavy atom. The van der Waals surface area contributed by atoms with Gasteiger partial charge in [-0.2, -0.15) is 5.26 Å². The summed E-state index contributed by atoms with van der Waals surface area (Å²) in [7, 11) is 0. The standard InChI is InChI=1S/C15H20N2O2/c1-15(2,10-16)11-17-6-5-12-3-4-13-14(9-12)19-8-7-18-13/h3-4,9,17H,5-8,11H2,1-2H3. The monoisotopic (exact) mass is 260 g/mol. The highest BCUT2D eigenvalue weighted by molar-refractivity contribution is 5.43. The molecule has 1 N–H and O–H groups in total. The quantitative estimate of drug-likeness (QED) is 0.824. The maximum Gasteiger partial charge on any atom is 0.161 e. The second-order valence-corrected chi connectivity index (χ2v) is 5.40. The minimum absolute atomic E-state index is 0.313. The number of ether oxygens (including phenoxy) is 2. The first-order chi connectivity index (χ1) is 9.11. The summed E-state index contributed by atoms with van der Waals surface area (Å²) >= 11 is 0. The average Bonchev–Trinajstić information content (AvgIpc) is 2.43. The molecule has 0 amide bonds. The molecule has 0 fully saturated rings. The Morgan fingerprint density at radius 2 is 2.00 bits per heavy atom. The van der Waals surface area contributed by atoms with Crippen LogP contribution in [0.3, 0.4) is 0 Å². The molecule has 0 bridgehead atoms. The molecule has 1 aromatic carbocycles. The maximum atomic E-state index is 8.92. The summed E-state index contributed by atoms with van der Waals surface area (Å²) in [6, 6.07) is 8.34. The van der Waals surface area contributed by atoms with Gasteiger partial charge in [0.2, 0.25) is 0 Å². The third-order valence-corrected chi connectivity index (χ3v) is 3.07. The smallest absolute Gasteiger partial charge is 0.161 e. The Kier molecular flexibility index (Phi) is 4.28. The number of rotatable bonds is 5. The maximum absolute atomic E-state index is 8.92. The molecule has 1 heterocycles. The molecule has 4 heteroatoms. The van der Waals surface area contributed by atoms with Gasteiger partial charge in [-0.25, -0.2) is 0 Å². The van der Waals surface area contributed by atoms with E-state index in [0.29, 0.717) is 19.8 Å². The molecule has 4 nitrogen and oxygen atoms in total. The van der Waals surface area contributed by atoms with Gasteiger partial charge in [-0.1, -0.05) is 6.07 Å². The summed E-state index contributed by atoms with van der Waals surface area (Å²) in [5.41, 5.74) is 0.902. The summed E-state index contributed by atoms with van der Waals surface area (Å²) in [5, 5.41) is 12.2. The molecule has 0 spiro atoms. The van der Waals surface area contributed by atoms with Gasteiger partial charge in [0.15, 0.2) is 11.5 Å². The highest BCUT2D eigenvalue weighted by atomic mass is 16.6. The molecule has 1 aromatic rings. The summed E-state index contributed by atoms with van der Waals surface area (Å²) < 4.78 is 11.0. The molecule has 0 aliphatic carbocycles. The number of hydrogen-bond acceptors (Lipinski definition) is 4. The molecule has 0 unspecified atom stereocenters. The SMILES string of the molecule is CC(C)(C#N)CNCCc1ccc2c(c1)OCCO2. The number of benzene rings is 1. The number of fused-ring (bicyclic) bond motifs is 1. The first-order valence-electron chi connectivity index (χ1n) is 6.61. The summed E-state index contributed by atoms with van der Waals surface area (Å²) in [6.45, 7) is 6.66. The van der Waals surface area contributed by atoms with Gasteiger partial charge in [-0.05, 0) is 44.5 Å². The zero-order chi connectivity index (χ0) is 13.7. The second kappa shape index (κ2) is 5.94. The van der Waals surface area contributed by atoms with Crippen molar-refractivity contribution in [2.24, 2.45) is 5.41 Å². The van der Waals surface area contributed by atoms with Gasteiger partial charge in [0, 0.05) is 6.54 Å². The van der Waals surface area contributed by atoms with E-state index >= 15 is 0 Å². The lowest BCUT2D eigenvalue weighted by Crippen LogP contribution is -2.29. The fraction of sp³-hybridized carbons (Fsp3) is 0.533. The molecular weight excluding hydrogens is 240 g/mol. The molecule has 0 radical (unpaired) electrons. The summed E-state index contributed by atoms with van der Waals surface area (Å²) in [5.74, 6) is 1.66. The van der Waals surface area contributed by atoms with E-state index in [1.54, 1.807) is 0 Å². The van der Waals surface area contributed by atoms with Crippen molar-refractivity contribution in [3.8, 4) is 17.6 Å². The van der Waals surface area contributed by atoms with E-state index in [2.05, 4.69) is 17.5 Å². The molecule has 102 valence electrons. The van der Waals surface area contributed by atoms with Gasteiger partial charge in [-0.15, -0.1) is 0 Å². The van der Waals surface area contributed by atoms with Crippen LogP contribution in [-0.2, 0) is 6.42 Å². The summed E-state index contributed by atoms with van der Waals surface area (Å²) in [4.78, 5) is 0. The van der Waals surface area contributed by atoms with E-state index in [-0.39, 0.29) is 5.41 Å². The topological polar surface area (TPSA) is 54.3 Å². The first-order valence-corrected chi connectivity index (χ1v) is 6.61. The fourth-order valence-electron chi connectivity index (χ4n) is 1.92. The van der Waals surface area contributed by atoms with Gasteiger partial charge >= 0.3 is 0 Å². The van der Waals surface area contributed by atoms with Crippen molar-refractivity contribution in [1.29, 1.82) is 5.26 Å². The van der Waals surface area contributed by atoms with Crippen LogP contribution in [0.1, 0.15) is 19.4 Å². The number of nitrogens with zero attached hydrogens (tertiary/aromatic N) is 1. The Balaban J connectivity index is 1.82. The van der Waals surface area contributed by atoms with Crippen LogP contribution in [-0.4, -0.2) is 26.3 Å². The van der Waals surface area contributed by atoms with Gasteiger partial charge in [-0.3, -0.25) is 0 Å². The van der Waals surface area contributed by atoms with Crippen LogP contribution in [0.25, 0.3) is 0 Å². The lowest BCUT2D eigenvalue weighted by Gasteiger charge is -2.19. The average molecular weight is 260 g/mol. The van der Waals surface area contributed by atoms with E-state index in [1.807, 2.05) is 26.0 Å². The van der Waals surface area contributed by atoms with E-state index in [9.17, 15) is 0 Å². The van der Waals surface area contributed by atoms with Crippen molar-refractivity contribution in [2.45, 2.75) is 20.3 Å². The molecule has 19 heavy (non-hydrogen) atoms. The van der Waals surface area contributed by atoms with Crippen LogP contribution in [0, 0.1) is 16.7 Å². The second-order valence-electron chi connectivity index (χ2n) is 5.40. The third-order valence-electron chi connectivity index (χ3n) is 3.07. The van der Waals surface area contributed by atoms with Crippen molar-refractivity contribution in [1.82, 2.24) is 5.32 Å². The van der Waals surface area contributed by atoms with E-state index in [0.717, 1.165) is 24.5 Å². The van der Waals surface area contributed by atoms with Gasteiger partial charge < -0.3 is 14.8 Å². The van der Waals surface area contributed by atoms with Crippen molar-refractivity contribution in [3.05, 3.63) is 23.8 Å². The molecule has 0 aromatic heterocycles. The molecule has 0 atom stereocenters. The van der Waals surface area contributed by atoms with Crippen LogP contribution in [0.4, 0.5) is 0 Å². The van der Waals surface area contributed by atoms with Crippen molar-refractivity contribution < 1.29 is 9.47 Å². The lowest BCUT2D eigenvalue weighted by molar-refractivity contribution is 0.171. The molecular formula is C15H20N2O2. The number of nitrogens with one attached hydrogen (secondary N) is 1. The zero-order valence-corrected chi connectivity index (χ0v) is 11.5. The third kappa shape index (κ3) is 3.87. The highest BCUT2D eigenvalue weighted by Crippen LogP contribution is 2.30. The van der Waals surface area contributed by atoms with Crippen LogP contribution in [0.2, 0.25) is 0 Å². The lowest BCUT2D eigenvalue weighted by atomic mass is 9.96. The minimum Gasteiger partial charge on any atom is -0.486 e. The van der Waals surface area contributed by atoms with Crippen LogP contribution >= 0.6 is 0 Å². The predicted molar refractivity (Wildman–Crippen MR) is 73.4 cm³/mol.